The van der Waals surface area contributed by atoms with E-state index in [4.69, 9.17) is 14.5 Å². The Hall–Kier alpha value is -4.01. The fourth-order valence-electron chi connectivity index (χ4n) is 8.72. The van der Waals surface area contributed by atoms with Crippen molar-refractivity contribution in [2.75, 3.05) is 44.8 Å². The fourth-order valence-corrected chi connectivity index (χ4v) is 8.72. The molecule has 0 radical (unpaired) electrons. The number of nitrogens with zero attached hydrogens (tertiary/aromatic N) is 4. The Balaban J connectivity index is 1.45. The smallest absolute Gasteiger partial charge is 0.302 e. The van der Waals surface area contributed by atoms with Gasteiger partial charge in [0, 0.05) is 74.6 Å². The molecule has 2 aromatic heterocycles. The summed E-state index contributed by atoms with van der Waals surface area (Å²) in [5.74, 6) is -0.256. The van der Waals surface area contributed by atoms with E-state index >= 15 is 0 Å². The Bertz CT molecular complexity index is 1900. The molecular formula is C46H62N4O4. The van der Waals surface area contributed by atoms with Crippen LogP contribution in [0, 0.1) is 5.41 Å². The molecule has 54 heavy (non-hydrogen) atoms. The lowest BCUT2D eigenvalue weighted by Gasteiger charge is -2.45. The molecule has 2 fully saturated rings. The molecule has 0 N–H and O–H groups in total. The van der Waals surface area contributed by atoms with Gasteiger partial charge in [0.1, 0.15) is 6.29 Å². The van der Waals surface area contributed by atoms with Crippen LogP contribution in [0.2, 0.25) is 0 Å². The molecule has 2 atom stereocenters. The zero-order chi connectivity index (χ0) is 38.2. The molecular weight excluding hydrogens is 673 g/mol. The molecule has 2 aliphatic rings. The van der Waals surface area contributed by atoms with Gasteiger partial charge in [-0.3, -0.25) is 14.7 Å². The number of carbonyl (C=O) groups is 2. The van der Waals surface area contributed by atoms with Gasteiger partial charge in [0.2, 0.25) is 0 Å². The van der Waals surface area contributed by atoms with E-state index in [1.54, 1.807) is 7.11 Å². The number of aldehydes is 1. The van der Waals surface area contributed by atoms with Crippen LogP contribution in [-0.2, 0) is 38.4 Å². The van der Waals surface area contributed by atoms with Crippen molar-refractivity contribution in [3.05, 3.63) is 71.5 Å². The number of carbonyl (C=O) groups excluding carboxylic acids is 2. The van der Waals surface area contributed by atoms with Gasteiger partial charge in [-0.05, 0) is 99.4 Å². The second-order valence-corrected chi connectivity index (χ2v) is 16.4. The van der Waals surface area contributed by atoms with Gasteiger partial charge >= 0.3 is 5.97 Å². The number of piperidine rings is 1. The van der Waals surface area contributed by atoms with Gasteiger partial charge in [0.05, 0.1) is 36.0 Å². The number of fused-ring (bicyclic) bond motifs is 2. The summed E-state index contributed by atoms with van der Waals surface area (Å²) in [4.78, 5) is 33.1. The van der Waals surface area contributed by atoms with E-state index in [0.29, 0.717) is 19.1 Å². The van der Waals surface area contributed by atoms with Crippen molar-refractivity contribution >= 4 is 28.8 Å². The zero-order valence-corrected chi connectivity index (χ0v) is 33.7. The predicted molar refractivity (Wildman–Crippen MR) is 220 cm³/mol. The number of aromatic nitrogens is 2. The Morgan fingerprint density at radius 1 is 1.02 bits per heavy atom. The molecule has 4 aromatic rings. The number of esters is 1. The summed E-state index contributed by atoms with van der Waals surface area (Å²) >= 11 is 0. The van der Waals surface area contributed by atoms with Crippen molar-refractivity contribution in [2.45, 2.75) is 118 Å². The van der Waals surface area contributed by atoms with E-state index in [0.717, 1.165) is 82.2 Å². The second kappa shape index (κ2) is 18.1. The number of hydrogen-bond acceptors (Lipinski definition) is 7. The normalized spacial score (nSPS) is 17.1. The van der Waals surface area contributed by atoms with E-state index in [9.17, 15) is 9.59 Å². The number of hydrogen-bond donors (Lipinski definition) is 0. The second-order valence-electron chi connectivity index (χ2n) is 16.4. The molecule has 0 amide bonds. The molecule has 0 spiro atoms. The molecule has 2 aliphatic heterocycles. The number of ether oxygens (including phenoxy) is 2. The van der Waals surface area contributed by atoms with Gasteiger partial charge in [-0.25, -0.2) is 0 Å². The van der Waals surface area contributed by atoms with Crippen molar-refractivity contribution in [1.29, 1.82) is 0 Å². The summed E-state index contributed by atoms with van der Waals surface area (Å²) in [6.07, 6.45) is 13.5. The van der Waals surface area contributed by atoms with Gasteiger partial charge in [0.15, 0.2) is 0 Å². The van der Waals surface area contributed by atoms with E-state index in [1.165, 1.54) is 77.3 Å². The van der Waals surface area contributed by atoms with Crippen molar-refractivity contribution in [2.24, 2.45) is 5.41 Å². The number of benzene rings is 2. The number of pyridine rings is 1. The topological polar surface area (TPSA) is 76.9 Å². The molecule has 0 bridgehead atoms. The molecule has 2 unspecified atom stereocenters. The Morgan fingerprint density at radius 2 is 1.83 bits per heavy atom. The SMILES string of the molecule is CCn1c(-c2cc(N3CCN4CCCCC4C3)cnc2C(C)OC)c(CC(C)(C)COC(C)=O)c2cc(-c3cccc(CCCCCCC=O)c3)ccc21. The lowest BCUT2D eigenvalue weighted by Crippen LogP contribution is -2.54. The standard InChI is InChI=1S/C46H62N4O4/c1-7-50-43-21-20-37(36-18-15-17-35(26-36)16-11-9-8-10-14-25-51)27-40(43)42(29-46(4,5)32-54-34(3)52)45(50)41-28-39(30-47-44(41)33(2)53-6)49-24-23-48-22-13-12-19-38(48)31-49/h15,17-18,20-21,25-28,30,33,38H,7-14,16,19,22-24,29,31-32H2,1-6H3. The van der Waals surface area contributed by atoms with Crippen LogP contribution in [0.15, 0.2) is 54.7 Å². The van der Waals surface area contributed by atoms with E-state index in [2.05, 4.69) is 96.8 Å². The van der Waals surface area contributed by atoms with Gasteiger partial charge in [-0.15, -0.1) is 0 Å². The summed E-state index contributed by atoms with van der Waals surface area (Å²) in [7, 11) is 1.76. The molecule has 0 aliphatic carbocycles. The molecule has 8 nitrogen and oxygen atoms in total. The first-order valence-electron chi connectivity index (χ1n) is 20.5. The van der Waals surface area contributed by atoms with Crippen LogP contribution in [0.1, 0.15) is 109 Å². The van der Waals surface area contributed by atoms with Crippen LogP contribution in [-0.4, -0.2) is 72.6 Å². The van der Waals surface area contributed by atoms with E-state index < -0.39 is 0 Å². The van der Waals surface area contributed by atoms with Crippen LogP contribution in [0.4, 0.5) is 5.69 Å². The molecule has 0 saturated carbocycles. The summed E-state index contributed by atoms with van der Waals surface area (Å²) in [6, 6.07) is 18.9. The monoisotopic (exact) mass is 734 g/mol. The molecule has 8 heteroatoms. The highest BCUT2D eigenvalue weighted by molar-refractivity contribution is 5.95. The number of rotatable bonds is 17. The van der Waals surface area contributed by atoms with E-state index in [-0.39, 0.29) is 17.5 Å². The largest absolute Gasteiger partial charge is 0.465 e. The average molecular weight is 735 g/mol. The first-order chi connectivity index (χ1) is 26.1. The van der Waals surface area contributed by atoms with Crippen molar-refractivity contribution < 1.29 is 19.1 Å². The number of piperazine rings is 1. The van der Waals surface area contributed by atoms with Gasteiger partial charge in [0.25, 0.3) is 0 Å². The molecule has 6 rings (SSSR count). The first kappa shape index (κ1) is 39.7. The van der Waals surface area contributed by atoms with Gasteiger partial charge < -0.3 is 23.7 Å². The third kappa shape index (κ3) is 9.26. The highest BCUT2D eigenvalue weighted by Gasteiger charge is 2.32. The number of methoxy groups -OCH3 is 1. The summed E-state index contributed by atoms with van der Waals surface area (Å²) in [5, 5.41) is 1.22. The Morgan fingerprint density at radius 3 is 2.61 bits per heavy atom. The van der Waals surface area contributed by atoms with Crippen molar-refractivity contribution in [3.8, 4) is 22.4 Å². The maximum atomic E-state index is 12.0. The Labute approximate surface area is 323 Å². The maximum absolute atomic E-state index is 12.0. The van der Waals surface area contributed by atoms with Crippen LogP contribution in [0.5, 0.6) is 0 Å². The quantitative estimate of drug-likeness (QED) is 0.0608. The first-order valence-corrected chi connectivity index (χ1v) is 20.5. The molecule has 4 heterocycles. The maximum Gasteiger partial charge on any atom is 0.302 e. The minimum atomic E-state index is -0.315. The molecule has 290 valence electrons. The van der Waals surface area contributed by atoms with Crippen LogP contribution in [0.3, 0.4) is 0 Å². The fraction of sp³-hybridized carbons (Fsp3) is 0.543. The summed E-state index contributed by atoms with van der Waals surface area (Å²) in [5.41, 5.74) is 10.3. The Kier molecular flexibility index (Phi) is 13.3. The highest BCUT2D eigenvalue weighted by atomic mass is 16.5. The minimum Gasteiger partial charge on any atom is -0.465 e. The lowest BCUT2D eigenvalue weighted by molar-refractivity contribution is -0.143. The molecule has 2 aromatic carbocycles. The van der Waals surface area contributed by atoms with Gasteiger partial charge in [-0.1, -0.05) is 63.4 Å². The number of aryl methyl sites for hydroxylation is 2. The van der Waals surface area contributed by atoms with Crippen molar-refractivity contribution in [1.82, 2.24) is 14.5 Å². The van der Waals surface area contributed by atoms with Crippen LogP contribution in [0.25, 0.3) is 33.3 Å². The lowest BCUT2D eigenvalue weighted by atomic mass is 9.84. The third-order valence-corrected chi connectivity index (χ3v) is 11.7. The average Bonchev–Trinajstić information content (AvgIpc) is 3.49. The third-order valence-electron chi connectivity index (χ3n) is 11.7. The minimum absolute atomic E-state index is 0.196. The van der Waals surface area contributed by atoms with Crippen LogP contribution < -0.4 is 4.90 Å². The highest BCUT2D eigenvalue weighted by Crippen LogP contribution is 2.43. The number of anilines is 1. The van der Waals surface area contributed by atoms with Crippen molar-refractivity contribution in [3.63, 3.8) is 0 Å². The van der Waals surface area contributed by atoms with E-state index in [1.807, 2.05) is 0 Å². The van der Waals surface area contributed by atoms with Gasteiger partial charge in [-0.2, -0.15) is 0 Å². The predicted octanol–water partition coefficient (Wildman–Crippen LogP) is 9.60. The molecule has 2 saturated heterocycles. The summed E-state index contributed by atoms with van der Waals surface area (Å²) in [6.45, 7) is 15.7. The number of unbranched alkanes of at least 4 members (excludes halogenated alkanes) is 4. The zero-order valence-electron chi connectivity index (χ0n) is 33.7. The van der Waals surface area contributed by atoms with Crippen LogP contribution >= 0.6 is 0 Å². The summed E-state index contributed by atoms with van der Waals surface area (Å²) < 4.78 is 14.1.